The summed E-state index contributed by atoms with van der Waals surface area (Å²) >= 11 is 0. The van der Waals surface area contributed by atoms with E-state index < -0.39 is 0 Å². The van der Waals surface area contributed by atoms with Gasteiger partial charge in [0.25, 0.3) is 0 Å². The Balaban J connectivity index is 0.00000112. The van der Waals surface area contributed by atoms with E-state index in [2.05, 4.69) is 16.0 Å². The third-order valence-electron chi connectivity index (χ3n) is 2.14. The predicted octanol–water partition coefficient (Wildman–Crippen LogP) is -0.277. The first-order valence-electron chi connectivity index (χ1n) is 4.18. The molecular weight excluding hydrogens is 212 g/mol. The predicted molar refractivity (Wildman–Crippen MR) is 52.4 cm³/mol. The van der Waals surface area contributed by atoms with Crippen molar-refractivity contribution in [1.82, 2.24) is 4.98 Å². The summed E-state index contributed by atoms with van der Waals surface area (Å²) in [6, 6.07) is 7.45. The molecule has 74 valence electrons. The number of rotatable bonds is 1. The molecule has 4 nitrogen and oxygen atoms in total. The van der Waals surface area contributed by atoms with E-state index in [9.17, 15) is 0 Å². The first-order valence-corrected chi connectivity index (χ1v) is 4.18. The quantitative estimate of drug-likeness (QED) is 0.670. The van der Waals surface area contributed by atoms with Crippen LogP contribution in [0.4, 0.5) is 5.69 Å². The molecule has 1 aromatic carbocycles. The van der Waals surface area contributed by atoms with E-state index in [0.717, 1.165) is 16.5 Å². The van der Waals surface area contributed by atoms with Crippen LogP contribution in [0, 0.1) is 16.7 Å². The first kappa shape index (κ1) is 11.0. The second kappa shape index (κ2) is 4.45. The molecule has 0 saturated heterocycles. The fourth-order valence-corrected chi connectivity index (χ4v) is 1.54. The number of hydrogen-bond donors (Lipinski definition) is 1. The van der Waals surface area contributed by atoms with Gasteiger partial charge in [-0.2, -0.15) is 5.26 Å². The van der Waals surface area contributed by atoms with E-state index in [-0.39, 0.29) is 12.4 Å². The third-order valence-corrected chi connectivity index (χ3v) is 2.14. The molecule has 0 saturated carbocycles. The normalized spacial score (nSPS) is 8.93. The number of aromatic nitrogens is 1. The maximum absolute atomic E-state index is 8.77. The molecular formula is C10H7ClN4. The van der Waals surface area contributed by atoms with Crippen LogP contribution in [0.5, 0.6) is 0 Å². The lowest BCUT2D eigenvalue weighted by Gasteiger charge is -1.87. The Hall–Kier alpha value is -2.04. The number of aromatic amines is 1. The Morgan fingerprint density at radius 3 is 2.87 bits per heavy atom. The van der Waals surface area contributed by atoms with Gasteiger partial charge >= 0.3 is 5.69 Å². The van der Waals surface area contributed by atoms with Crippen molar-refractivity contribution in [2.45, 2.75) is 6.42 Å². The summed E-state index contributed by atoms with van der Waals surface area (Å²) in [5.74, 6) is 0. The average molecular weight is 219 g/mol. The van der Waals surface area contributed by atoms with Gasteiger partial charge in [-0.3, -0.25) is 0 Å². The Morgan fingerprint density at radius 1 is 1.40 bits per heavy atom. The summed E-state index contributed by atoms with van der Waals surface area (Å²) in [5.41, 5.74) is 2.23. The molecule has 15 heavy (non-hydrogen) atoms. The highest BCUT2D eigenvalue weighted by Crippen LogP contribution is 2.28. The van der Waals surface area contributed by atoms with Crippen molar-refractivity contribution in [1.29, 1.82) is 10.7 Å². The van der Waals surface area contributed by atoms with E-state index in [1.165, 1.54) is 0 Å². The van der Waals surface area contributed by atoms with Gasteiger partial charge < -0.3 is 17.4 Å². The molecule has 0 radical (unpaired) electrons. The number of benzene rings is 1. The monoisotopic (exact) mass is 218 g/mol. The molecule has 0 atom stereocenters. The number of H-pyrrole nitrogens is 1. The number of nitrogens with zero attached hydrogens (tertiary/aromatic N) is 3. The first-order chi connectivity index (χ1) is 6.86. The van der Waals surface area contributed by atoms with Crippen LogP contribution in [0.25, 0.3) is 15.9 Å². The van der Waals surface area contributed by atoms with E-state index in [0.29, 0.717) is 12.1 Å². The molecule has 5 heteroatoms. The maximum atomic E-state index is 8.77. The van der Waals surface area contributed by atoms with Crippen LogP contribution in [0.15, 0.2) is 24.4 Å². The standard InChI is InChI=1S/C10H7N4.ClH/c11-5-4-7-6-13-8-2-1-3-9(14-12)10(7)8;/h1-3,6,13H,4H2;1H/q+1;/p-1. The molecule has 1 aromatic heterocycles. The fraction of sp³-hybridized carbons (Fsp3) is 0.100. The summed E-state index contributed by atoms with van der Waals surface area (Å²) in [5, 5.41) is 18.2. The van der Waals surface area contributed by atoms with Crippen LogP contribution in [-0.2, 0) is 6.42 Å². The Bertz CT molecular complexity index is 559. The van der Waals surface area contributed by atoms with Crippen LogP contribution < -0.4 is 12.4 Å². The van der Waals surface area contributed by atoms with Gasteiger partial charge in [0.1, 0.15) is 0 Å². The highest BCUT2D eigenvalue weighted by atomic mass is 35.5. The van der Waals surface area contributed by atoms with Crippen LogP contribution in [0.3, 0.4) is 0 Å². The molecule has 0 spiro atoms. The van der Waals surface area contributed by atoms with Crippen molar-refractivity contribution < 1.29 is 12.4 Å². The molecule has 2 aromatic rings. The minimum absolute atomic E-state index is 0. The van der Waals surface area contributed by atoms with E-state index in [1.807, 2.05) is 6.07 Å². The largest absolute Gasteiger partial charge is 1.00 e. The van der Waals surface area contributed by atoms with Crippen LogP contribution >= 0.6 is 0 Å². The molecule has 1 N–H and O–H groups in total. The van der Waals surface area contributed by atoms with Crippen molar-refractivity contribution >= 4 is 16.6 Å². The van der Waals surface area contributed by atoms with E-state index in [1.54, 1.807) is 18.3 Å². The lowest BCUT2D eigenvalue weighted by molar-refractivity contribution is -0.00000332. The van der Waals surface area contributed by atoms with Crippen LogP contribution in [0.2, 0.25) is 0 Å². The van der Waals surface area contributed by atoms with Gasteiger partial charge in [0.05, 0.1) is 23.4 Å². The lowest BCUT2D eigenvalue weighted by Crippen LogP contribution is -3.00. The molecule has 0 fully saturated rings. The smallest absolute Gasteiger partial charge is 0.394 e. The molecule has 0 aliphatic rings. The highest BCUT2D eigenvalue weighted by molar-refractivity contribution is 5.95. The molecule has 0 amide bonds. The van der Waals surface area contributed by atoms with Gasteiger partial charge in [0, 0.05) is 12.3 Å². The summed E-state index contributed by atoms with van der Waals surface area (Å²) in [4.78, 5) is 6.21. The Morgan fingerprint density at radius 2 is 2.20 bits per heavy atom. The van der Waals surface area contributed by atoms with Crippen LogP contribution in [0.1, 0.15) is 5.56 Å². The molecule has 1 heterocycles. The van der Waals surface area contributed by atoms with E-state index in [4.69, 9.17) is 10.7 Å². The highest BCUT2D eigenvalue weighted by Gasteiger charge is 2.15. The molecule has 0 aliphatic carbocycles. The van der Waals surface area contributed by atoms with Gasteiger partial charge in [-0.15, -0.1) is 0 Å². The van der Waals surface area contributed by atoms with Crippen molar-refractivity contribution in [3.05, 3.63) is 34.9 Å². The van der Waals surface area contributed by atoms with Crippen LogP contribution in [-0.4, -0.2) is 4.98 Å². The Kier molecular flexibility index (Phi) is 3.28. The average Bonchev–Trinajstić information content (AvgIpc) is 2.62. The zero-order valence-corrected chi connectivity index (χ0v) is 8.49. The molecule has 0 bridgehead atoms. The number of nitrogens with one attached hydrogen (secondary N) is 1. The number of nitriles is 1. The zero-order chi connectivity index (χ0) is 9.97. The second-order valence-corrected chi connectivity index (χ2v) is 2.95. The van der Waals surface area contributed by atoms with Gasteiger partial charge in [-0.25, -0.2) is 0 Å². The lowest BCUT2D eigenvalue weighted by atomic mass is 10.1. The number of halogens is 1. The number of hydrogen-bond acceptors (Lipinski definition) is 2. The summed E-state index contributed by atoms with van der Waals surface area (Å²) in [6.45, 7) is 0. The minimum atomic E-state index is 0. The van der Waals surface area contributed by atoms with Gasteiger partial charge in [0.2, 0.25) is 5.39 Å². The van der Waals surface area contributed by atoms with Gasteiger partial charge in [-0.1, -0.05) is 6.07 Å². The summed E-state index contributed by atoms with van der Waals surface area (Å²) < 4.78 is 0. The van der Waals surface area contributed by atoms with Crippen molar-refractivity contribution in [3.63, 3.8) is 0 Å². The summed E-state index contributed by atoms with van der Waals surface area (Å²) in [6.07, 6.45) is 2.08. The van der Waals surface area contributed by atoms with E-state index >= 15 is 0 Å². The number of diazo groups is 1. The van der Waals surface area contributed by atoms with Crippen molar-refractivity contribution in [2.24, 2.45) is 0 Å². The molecule has 0 unspecified atom stereocenters. The second-order valence-electron chi connectivity index (χ2n) is 2.95. The molecule has 0 aliphatic heterocycles. The topological polar surface area (TPSA) is 67.7 Å². The van der Waals surface area contributed by atoms with Crippen molar-refractivity contribution in [3.8, 4) is 6.07 Å². The molecule has 2 rings (SSSR count). The minimum Gasteiger partial charge on any atom is -1.00 e. The van der Waals surface area contributed by atoms with Crippen molar-refractivity contribution in [2.75, 3.05) is 0 Å². The number of fused-ring (bicyclic) bond motifs is 1. The SMILES string of the molecule is N#CCc1c[nH]c2cccc([N+]#N)c12.[Cl-]. The fourth-order valence-electron chi connectivity index (χ4n) is 1.54. The zero-order valence-electron chi connectivity index (χ0n) is 7.74. The summed E-state index contributed by atoms with van der Waals surface area (Å²) in [7, 11) is 0. The van der Waals surface area contributed by atoms with Gasteiger partial charge in [0.15, 0.2) is 4.98 Å². The van der Waals surface area contributed by atoms with Gasteiger partial charge in [-0.05, 0) is 11.6 Å². The third kappa shape index (κ3) is 1.76. The maximum Gasteiger partial charge on any atom is 0.394 e. The Labute approximate surface area is 92.6 Å².